The highest BCUT2D eigenvalue weighted by molar-refractivity contribution is 6.30. The number of carboxylic acids is 3. The van der Waals surface area contributed by atoms with Gasteiger partial charge >= 0.3 is 30.3 Å². The van der Waals surface area contributed by atoms with Crippen LogP contribution in [0.1, 0.15) is 112 Å². The van der Waals surface area contributed by atoms with Crippen molar-refractivity contribution >= 4 is 29.5 Å². The van der Waals surface area contributed by atoms with Crippen LogP contribution in [0, 0.1) is 31.5 Å². The molecular weight excluding hydrogens is 947 g/mol. The number of carbonyl (C=O) groups is 3. The van der Waals surface area contributed by atoms with Crippen molar-refractivity contribution in [2.24, 2.45) is 11.8 Å². The summed E-state index contributed by atoms with van der Waals surface area (Å²) in [4.78, 5) is 46.9. The molecular formula is C52H51ClF7N3O7. The molecule has 0 bridgehead atoms. The molecule has 0 saturated carbocycles. The first-order chi connectivity index (χ1) is 32.7. The van der Waals surface area contributed by atoms with Crippen LogP contribution < -0.4 is 4.74 Å². The number of halogens is 8. The standard InChI is InChI=1S/C18H20ClNO2.C18H18F3NO2.C16H13F4NO3/c1-4-15-17(18(21)22)13(9-11(2)3)10-16(20-15)12-5-7-14(19)8-6-12;1-10(2)8-15-16(17(23)24)13(18(19,20)21)9-14(22-15)12-6-4-11(3)5-7-12;1-3-24-14-13(15(22)23)10(16(18,19)20)7-12(21-14)9-5-4-8(2)11(17)6-9/h5-8,10-11H,4,9H2,1-3H3,(H,21,22);4-7,9-10H,8H2,1-3H3,(H,23,24);4-7H,3H2,1-2H3,(H,22,23). The molecule has 0 amide bonds. The van der Waals surface area contributed by atoms with Gasteiger partial charge in [0, 0.05) is 21.7 Å². The molecule has 0 aliphatic carbocycles. The lowest BCUT2D eigenvalue weighted by Gasteiger charge is -2.17. The van der Waals surface area contributed by atoms with E-state index in [-0.39, 0.29) is 41.6 Å². The molecule has 70 heavy (non-hydrogen) atoms. The van der Waals surface area contributed by atoms with Gasteiger partial charge in [-0.05, 0) is 99.4 Å². The monoisotopic (exact) mass is 997 g/mol. The summed E-state index contributed by atoms with van der Waals surface area (Å²) < 4.78 is 98.6. The number of hydrogen-bond donors (Lipinski definition) is 3. The molecule has 6 rings (SSSR count). The number of aromatic carboxylic acids is 3. The van der Waals surface area contributed by atoms with E-state index in [1.54, 1.807) is 38.1 Å². The Balaban J connectivity index is 0.000000229. The molecule has 0 unspecified atom stereocenters. The second-order valence-corrected chi connectivity index (χ2v) is 17.3. The van der Waals surface area contributed by atoms with Crippen LogP contribution in [0.5, 0.6) is 5.88 Å². The Bertz CT molecular complexity index is 2830. The van der Waals surface area contributed by atoms with Crippen molar-refractivity contribution in [2.75, 3.05) is 6.61 Å². The predicted molar refractivity (Wildman–Crippen MR) is 252 cm³/mol. The Morgan fingerprint density at radius 2 is 1.06 bits per heavy atom. The van der Waals surface area contributed by atoms with Crippen LogP contribution in [0.2, 0.25) is 5.02 Å². The van der Waals surface area contributed by atoms with Crippen LogP contribution in [0.4, 0.5) is 30.7 Å². The van der Waals surface area contributed by atoms with Gasteiger partial charge in [-0.15, -0.1) is 0 Å². The molecule has 0 saturated heterocycles. The van der Waals surface area contributed by atoms with Crippen molar-refractivity contribution < 1.29 is 65.2 Å². The maximum absolute atomic E-state index is 13.7. The predicted octanol–water partition coefficient (Wildman–Crippen LogP) is 14.1. The van der Waals surface area contributed by atoms with Crippen LogP contribution in [-0.4, -0.2) is 54.8 Å². The van der Waals surface area contributed by atoms with Gasteiger partial charge in [-0.2, -0.15) is 26.3 Å². The lowest BCUT2D eigenvalue weighted by molar-refractivity contribution is -0.139. The molecule has 0 atom stereocenters. The number of hydrogen-bond acceptors (Lipinski definition) is 7. The quantitative estimate of drug-likeness (QED) is 0.0951. The minimum atomic E-state index is -4.93. The van der Waals surface area contributed by atoms with Crippen LogP contribution in [0.25, 0.3) is 33.8 Å². The fourth-order valence-corrected chi connectivity index (χ4v) is 7.23. The van der Waals surface area contributed by atoms with E-state index >= 15 is 0 Å². The molecule has 0 fully saturated rings. The first kappa shape index (κ1) is 55.7. The summed E-state index contributed by atoms with van der Waals surface area (Å²) in [5.74, 6) is -5.23. The number of ether oxygens (including phenoxy) is 1. The van der Waals surface area contributed by atoms with Gasteiger partial charge in [0.05, 0.1) is 57.3 Å². The average Bonchev–Trinajstić information content (AvgIpc) is 3.26. The summed E-state index contributed by atoms with van der Waals surface area (Å²) in [5, 5.41) is 28.6. The van der Waals surface area contributed by atoms with E-state index in [0.717, 1.165) is 40.9 Å². The summed E-state index contributed by atoms with van der Waals surface area (Å²) in [6.07, 6.45) is -8.22. The summed E-state index contributed by atoms with van der Waals surface area (Å²) in [6, 6.07) is 21.5. The molecule has 0 aliphatic heterocycles. The number of nitrogens with zero attached hydrogens (tertiary/aromatic N) is 3. The maximum Gasteiger partial charge on any atom is 0.417 e. The zero-order valence-electron chi connectivity index (χ0n) is 39.4. The first-order valence-electron chi connectivity index (χ1n) is 21.8. The van der Waals surface area contributed by atoms with Crippen molar-refractivity contribution in [1.29, 1.82) is 0 Å². The Labute approximate surface area is 405 Å². The summed E-state index contributed by atoms with van der Waals surface area (Å²) in [7, 11) is 0. The lowest BCUT2D eigenvalue weighted by atomic mass is 9.94. The molecule has 18 heteroatoms. The molecule has 3 heterocycles. The highest BCUT2D eigenvalue weighted by Gasteiger charge is 2.40. The van der Waals surface area contributed by atoms with Crippen LogP contribution >= 0.6 is 11.6 Å². The van der Waals surface area contributed by atoms with Gasteiger partial charge in [0.2, 0.25) is 5.88 Å². The van der Waals surface area contributed by atoms with E-state index in [1.165, 1.54) is 26.0 Å². The number of aromatic nitrogens is 3. The molecule has 6 aromatic rings. The van der Waals surface area contributed by atoms with Gasteiger partial charge in [-0.3, -0.25) is 9.97 Å². The van der Waals surface area contributed by atoms with Crippen LogP contribution in [0.15, 0.2) is 84.9 Å². The van der Waals surface area contributed by atoms with E-state index in [0.29, 0.717) is 45.8 Å². The van der Waals surface area contributed by atoms with Gasteiger partial charge in [0.1, 0.15) is 11.4 Å². The number of aryl methyl sites for hydroxylation is 3. The van der Waals surface area contributed by atoms with E-state index in [4.69, 9.17) is 21.4 Å². The third kappa shape index (κ3) is 14.6. The largest absolute Gasteiger partial charge is 0.478 e. The maximum atomic E-state index is 13.7. The number of carboxylic acid groups (broad SMARTS) is 3. The van der Waals surface area contributed by atoms with E-state index < -0.39 is 64.2 Å². The molecule has 10 nitrogen and oxygen atoms in total. The minimum Gasteiger partial charge on any atom is -0.478 e. The third-order valence-electron chi connectivity index (χ3n) is 10.3. The minimum absolute atomic E-state index is 0.0232. The van der Waals surface area contributed by atoms with Crippen molar-refractivity contribution in [3.63, 3.8) is 0 Å². The second-order valence-electron chi connectivity index (χ2n) is 16.8. The summed E-state index contributed by atoms with van der Waals surface area (Å²) in [6.45, 7) is 14.5. The topological polar surface area (TPSA) is 160 Å². The lowest BCUT2D eigenvalue weighted by Crippen LogP contribution is -2.18. The summed E-state index contributed by atoms with van der Waals surface area (Å²) in [5.41, 5.74) is 0.962. The van der Waals surface area contributed by atoms with Crippen LogP contribution in [-0.2, 0) is 31.6 Å². The number of alkyl halides is 6. The Hall–Kier alpha value is -6.88. The van der Waals surface area contributed by atoms with E-state index in [1.807, 2.05) is 44.2 Å². The average molecular weight is 998 g/mol. The molecule has 3 aromatic heterocycles. The number of rotatable bonds is 13. The highest BCUT2D eigenvalue weighted by atomic mass is 35.5. The van der Waals surface area contributed by atoms with Crippen molar-refractivity contribution in [3.8, 4) is 39.7 Å². The van der Waals surface area contributed by atoms with E-state index in [9.17, 15) is 55.3 Å². The Morgan fingerprint density at radius 3 is 1.51 bits per heavy atom. The zero-order chi connectivity index (χ0) is 52.4. The fraction of sp³-hybridized carbons (Fsp3) is 0.308. The normalized spacial score (nSPS) is 11.4. The molecule has 0 spiro atoms. The molecule has 372 valence electrons. The van der Waals surface area contributed by atoms with Gasteiger partial charge in [-0.1, -0.05) is 100 Å². The molecule has 0 radical (unpaired) electrons. The second kappa shape index (κ2) is 23.6. The van der Waals surface area contributed by atoms with Crippen molar-refractivity contribution in [3.05, 3.63) is 152 Å². The molecule has 3 aromatic carbocycles. The summed E-state index contributed by atoms with van der Waals surface area (Å²) >= 11 is 5.93. The van der Waals surface area contributed by atoms with Gasteiger partial charge < -0.3 is 20.1 Å². The SMILES string of the molecule is CCOc1nc(-c2ccc(C)c(F)c2)cc(C(F)(F)F)c1C(=O)O.CCc1nc(-c2ccc(Cl)cc2)cc(CC(C)C)c1C(=O)O.Cc1ccc(-c2cc(C(F)(F)F)c(C(=O)O)c(CC(C)C)n2)cc1. The molecule has 3 N–H and O–H groups in total. The first-order valence-corrected chi connectivity index (χ1v) is 22.2. The van der Waals surface area contributed by atoms with Crippen molar-refractivity contribution in [2.45, 2.75) is 87.0 Å². The fourth-order valence-electron chi connectivity index (χ4n) is 7.10. The van der Waals surface area contributed by atoms with Gasteiger partial charge in [0.25, 0.3) is 0 Å². The Kier molecular flexibility index (Phi) is 18.8. The van der Waals surface area contributed by atoms with Gasteiger partial charge in [0.15, 0.2) is 0 Å². The molecule has 0 aliphatic rings. The number of benzene rings is 3. The van der Waals surface area contributed by atoms with E-state index in [2.05, 4.69) is 28.8 Å². The zero-order valence-corrected chi connectivity index (χ0v) is 40.2. The van der Waals surface area contributed by atoms with Crippen LogP contribution in [0.3, 0.4) is 0 Å². The Morgan fingerprint density at radius 1 is 0.600 bits per heavy atom. The van der Waals surface area contributed by atoms with Crippen molar-refractivity contribution in [1.82, 2.24) is 15.0 Å². The smallest absolute Gasteiger partial charge is 0.417 e. The highest BCUT2D eigenvalue weighted by Crippen LogP contribution is 2.39. The van der Waals surface area contributed by atoms with Gasteiger partial charge in [-0.25, -0.2) is 23.8 Å². The third-order valence-corrected chi connectivity index (χ3v) is 10.6. The number of pyridine rings is 3.